The van der Waals surface area contributed by atoms with Gasteiger partial charge in [0.1, 0.15) is 0 Å². The zero-order valence-corrected chi connectivity index (χ0v) is 10.5. The van der Waals surface area contributed by atoms with Gasteiger partial charge in [-0.05, 0) is 17.5 Å². The topological polar surface area (TPSA) is 93.8 Å². The number of rotatable bonds is 2. The van der Waals surface area contributed by atoms with E-state index in [0.717, 1.165) is 22.1 Å². The summed E-state index contributed by atoms with van der Waals surface area (Å²) in [7, 11) is 0. The molecular weight excluding hydrogens is 262 g/mol. The van der Waals surface area contributed by atoms with Crippen molar-refractivity contribution in [1.82, 2.24) is 15.2 Å². The molecule has 0 saturated carbocycles. The fraction of sp³-hybridized carbons (Fsp3) is 0. The van der Waals surface area contributed by atoms with Gasteiger partial charge in [0.05, 0.1) is 5.69 Å². The Morgan fingerprint density at radius 3 is 2.95 bits per heavy atom. The van der Waals surface area contributed by atoms with Gasteiger partial charge in [-0.25, -0.2) is 0 Å². The molecule has 0 fully saturated rings. The molecule has 0 radical (unpaired) electrons. The Morgan fingerprint density at radius 2 is 2.16 bits per heavy atom. The van der Waals surface area contributed by atoms with E-state index in [9.17, 15) is 4.79 Å². The van der Waals surface area contributed by atoms with Crippen LogP contribution in [0.5, 0.6) is 0 Å². The van der Waals surface area contributed by atoms with Gasteiger partial charge in [-0.2, -0.15) is 0 Å². The summed E-state index contributed by atoms with van der Waals surface area (Å²) in [5, 5.41) is 12.5. The Hall–Kier alpha value is -2.54. The molecule has 3 aromatic rings. The standard InChI is InChI=1S/C12H9N5OS/c13-12-17-16-11(19-12)10(18)15-9-3-1-2-7-4-5-14-6-8(7)9/h1-6H,(H2,13,17)(H,15,18). The highest BCUT2D eigenvalue weighted by molar-refractivity contribution is 7.17. The molecule has 3 rings (SSSR count). The number of anilines is 2. The number of nitrogens with two attached hydrogens (primary N) is 1. The highest BCUT2D eigenvalue weighted by atomic mass is 32.1. The van der Waals surface area contributed by atoms with Gasteiger partial charge >= 0.3 is 0 Å². The van der Waals surface area contributed by atoms with Crippen molar-refractivity contribution in [1.29, 1.82) is 0 Å². The molecule has 6 nitrogen and oxygen atoms in total. The third-order valence-corrected chi connectivity index (χ3v) is 3.32. The summed E-state index contributed by atoms with van der Waals surface area (Å²) in [6, 6.07) is 7.52. The normalized spacial score (nSPS) is 10.5. The van der Waals surface area contributed by atoms with E-state index in [1.54, 1.807) is 12.4 Å². The predicted octanol–water partition coefficient (Wildman–Crippen LogP) is 1.92. The molecule has 0 aliphatic carbocycles. The Balaban J connectivity index is 1.95. The van der Waals surface area contributed by atoms with Gasteiger partial charge < -0.3 is 11.1 Å². The molecule has 2 aromatic heterocycles. The van der Waals surface area contributed by atoms with Crippen molar-refractivity contribution >= 4 is 38.8 Å². The van der Waals surface area contributed by atoms with E-state index < -0.39 is 0 Å². The second-order valence-corrected chi connectivity index (χ2v) is 4.81. The molecule has 1 aromatic carbocycles. The molecule has 1 amide bonds. The Morgan fingerprint density at radius 1 is 1.26 bits per heavy atom. The molecular formula is C12H9N5OS. The minimum absolute atomic E-state index is 0.235. The van der Waals surface area contributed by atoms with Crippen LogP contribution >= 0.6 is 11.3 Å². The van der Waals surface area contributed by atoms with Crippen molar-refractivity contribution in [3.05, 3.63) is 41.7 Å². The zero-order valence-electron chi connectivity index (χ0n) is 9.70. The molecule has 0 atom stereocenters. The first-order valence-electron chi connectivity index (χ1n) is 5.47. The number of hydrogen-bond donors (Lipinski definition) is 2. The van der Waals surface area contributed by atoms with Crippen LogP contribution in [0.1, 0.15) is 9.80 Å². The van der Waals surface area contributed by atoms with E-state index in [4.69, 9.17) is 5.73 Å². The van der Waals surface area contributed by atoms with Gasteiger partial charge in [0, 0.05) is 17.8 Å². The van der Waals surface area contributed by atoms with Gasteiger partial charge in [0.2, 0.25) is 10.1 Å². The van der Waals surface area contributed by atoms with Crippen LogP contribution in [0.15, 0.2) is 36.7 Å². The molecule has 0 aliphatic rings. The van der Waals surface area contributed by atoms with Crippen LogP contribution in [0.25, 0.3) is 10.8 Å². The Bertz CT molecular complexity index is 749. The first-order valence-corrected chi connectivity index (χ1v) is 6.29. The van der Waals surface area contributed by atoms with Crippen LogP contribution in [0, 0.1) is 0 Å². The van der Waals surface area contributed by atoms with Crippen molar-refractivity contribution in [3.63, 3.8) is 0 Å². The van der Waals surface area contributed by atoms with Gasteiger partial charge in [0.15, 0.2) is 0 Å². The Kier molecular flexibility index (Phi) is 2.81. The van der Waals surface area contributed by atoms with E-state index in [1.807, 2.05) is 24.3 Å². The van der Waals surface area contributed by atoms with Crippen LogP contribution in [-0.4, -0.2) is 21.1 Å². The maximum Gasteiger partial charge on any atom is 0.286 e. The van der Waals surface area contributed by atoms with Crippen LogP contribution in [0.3, 0.4) is 0 Å². The number of pyridine rings is 1. The maximum absolute atomic E-state index is 12.0. The summed E-state index contributed by atoms with van der Waals surface area (Å²) in [4.78, 5) is 16.1. The molecule has 94 valence electrons. The van der Waals surface area contributed by atoms with Crippen LogP contribution < -0.4 is 11.1 Å². The minimum atomic E-state index is -0.328. The summed E-state index contributed by atoms with van der Waals surface area (Å²) in [6.07, 6.45) is 3.42. The summed E-state index contributed by atoms with van der Waals surface area (Å²) in [5.74, 6) is -0.328. The average Bonchev–Trinajstić information content (AvgIpc) is 2.86. The molecule has 19 heavy (non-hydrogen) atoms. The molecule has 2 heterocycles. The number of fused-ring (bicyclic) bond motifs is 1. The number of benzene rings is 1. The summed E-state index contributed by atoms with van der Waals surface area (Å²) in [6.45, 7) is 0. The molecule has 0 aliphatic heterocycles. The van der Waals surface area contributed by atoms with E-state index in [0.29, 0.717) is 5.69 Å². The van der Waals surface area contributed by atoms with Crippen molar-refractivity contribution in [3.8, 4) is 0 Å². The minimum Gasteiger partial charge on any atom is -0.374 e. The number of carbonyl (C=O) groups is 1. The van der Waals surface area contributed by atoms with Gasteiger partial charge in [-0.1, -0.05) is 23.5 Å². The first-order chi connectivity index (χ1) is 9.24. The number of nitrogens with zero attached hydrogens (tertiary/aromatic N) is 3. The number of nitrogens with one attached hydrogen (secondary N) is 1. The molecule has 0 saturated heterocycles. The summed E-state index contributed by atoms with van der Waals surface area (Å²) < 4.78 is 0. The van der Waals surface area contributed by atoms with E-state index in [2.05, 4.69) is 20.5 Å². The third-order valence-electron chi connectivity index (χ3n) is 2.57. The van der Waals surface area contributed by atoms with E-state index >= 15 is 0 Å². The molecule has 7 heteroatoms. The van der Waals surface area contributed by atoms with Crippen LogP contribution in [0.4, 0.5) is 10.8 Å². The molecule has 0 spiro atoms. The average molecular weight is 271 g/mol. The lowest BCUT2D eigenvalue weighted by Crippen LogP contribution is -2.11. The zero-order chi connectivity index (χ0) is 13.2. The highest BCUT2D eigenvalue weighted by Crippen LogP contribution is 2.23. The van der Waals surface area contributed by atoms with Crippen molar-refractivity contribution in [2.24, 2.45) is 0 Å². The quantitative estimate of drug-likeness (QED) is 0.742. The lowest BCUT2D eigenvalue weighted by Gasteiger charge is -2.06. The number of carbonyl (C=O) groups excluding carboxylic acids is 1. The fourth-order valence-corrected chi connectivity index (χ4v) is 2.23. The molecule has 0 bridgehead atoms. The largest absolute Gasteiger partial charge is 0.374 e. The van der Waals surface area contributed by atoms with Gasteiger partial charge in [-0.3, -0.25) is 9.78 Å². The number of amides is 1. The van der Waals surface area contributed by atoms with Crippen molar-refractivity contribution < 1.29 is 4.79 Å². The predicted molar refractivity (Wildman–Crippen MR) is 74.0 cm³/mol. The number of nitrogen functional groups attached to an aromatic ring is 1. The Labute approximate surface area is 112 Å². The van der Waals surface area contributed by atoms with Crippen molar-refractivity contribution in [2.75, 3.05) is 11.1 Å². The summed E-state index contributed by atoms with van der Waals surface area (Å²) in [5.41, 5.74) is 6.14. The van der Waals surface area contributed by atoms with E-state index in [-0.39, 0.29) is 16.0 Å². The number of aromatic nitrogens is 3. The number of hydrogen-bond acceptors (Lipinski definition) is 6. The molecule has 0 unspecified atom stereocenters. The van der Waals surface area contributed by atoms with Crippen molar-refractivity contribution in [2.45, 2.75) is 0 Å². The summed E-state index contributed by atoms with van der Waals surface area (Å²) >= 11 is 1.05. The third kappa shape index (κ3) is 2.23. The maximum atomic E-state index is 12.0. The lowest BCUT2D eigenvalue weighted by atomic mass is 10.1. The van der Waals surface area contributed by atoms with Gasteiger partial charge in [-0.15, -0.1) is 10.2 Å². The first kappa shape index (κ1) is 11.5. The SMILES string of the molecule is Nc1nnc(C(=O)Nc2cccc3ccncc23)s1. The van der Waals surface area contributed by atoms with Gasteiger partial charge in [0.25, 0.3) is 5.91 Å². The fourth-order valence-electron chi connectivity index (χ4n) is 1.72. The van der Waals surface area contributed by atoms with Crippen LogP contribution in [-0.2, 0) is 0 Å². The monoisotopic (exact) mass is 271 g/mol. The van der Waals surface area contributed by atoms with Crippen LogP contribution in [0.2, 0.25) is 0 Å². The molecule has 3 N–H and O–H groups in total. The lowest BCUT2D eigenvalue weighted by molar-refractivity contribution is 0.102. The second-order valence-electron chi connectivity index (χ2n) is 3.80. The highest BCUT2D eigenvalue weighted by Gasteiger charge is 2.13. The smallest absolute Gasteiger partial charge is 0.286 e. The van der Waals surface area contributed by atoms with E-state index in [1.165, 1.54) is 0 Å². The second kappa shape index (κ2) is 4.62.